The van der Waals surface area contributed by atoms with Crippen molar-refractivity contribution in [3.05, 3.63) is 0 Å². The highest BCUT2D eigenvalue weighted by molar-refractivity contribution is 7.80. The van der Waals surface area contributed by atoms with Crippen LogP contribution in [0.5, 0.6) is 0 Å². The van der Waals surface area contributed by atoms with Crippen LogP contribution >= 0.6 is 0 Å². The van der Waals surface area contributed by atoms with Crippen LogP contribution in [0.2, 0.25) is 0 Å². The average molecular weight is 391 g/mol. The predicted molar refractivity (Wildman–Crippen MR) is 80.3 cm³/mol. The van der Waals surface area contributed by atoms with Crippen molar-refractivity contribution in [1.82, 2.24) is 0 Å². The van der Waals surface area contributed by atoms with E-state index in [1.54, 1.807) is 0 Å². The second-order valence-electron chi connectivity index (χ2n) is 6.28. The first-order valence-electron chi connectivity index (χ1n) is 7.43. The zero-order valence-electron chi connectivity index (χ0n) is 13.2. The Morgan fingerprint density at radius 2 is 1.72 bits per heavy atom. The summed E-state index contributed by atoms with van der Waals surface area (Å²) in [7, 11) is -5.15. The Balaban J connectivity index is 3.03. The Kier molecular flexibility index (Phi) is 7.67. The maximum atomic E-state index is 10.9. The Labute approximate surface area is 144 Å². The minimum Gasteiger partial charge on any atom is -0.396 e. The van der Waals surface area contributed by atoms with Gasteiger partial charge in [-0.15, -0.1) is 0 Å². The van der Waals surface area contributed by atoms with Crippen LogP contribution in [0.3, 0.4) is 0 Å². The summed E-state index contributed by atoms with van der Waals surface area (Å²) in [6, 6.07) is 0. The number of nitrogens with two attached hydrogens (primary N) is 1. The third kappa shape index (κ3) is 5.51. The van der Waals surface area contributed by atoms with Crippen LogP contribution in [0.25, 0.3) is 0 Å². The van der Waals surface area contributed by atoms with Gasteiger partial charge in [0.15, 0.2) is 0 Å². The van der Waals surface area contributed by atoms with E-state index in [4.69, 9.17) is 15.4 Å². The molecule has 0 amide bonds. The van der Waals surface area contributed by atoms with Crippen LogP contribution in [0, 0.1) is 5.92 Å². The molecule has 1 aliphatic carbocycles. The highest BCUT2D eigenvalue weighted by Crippen LogP contribution is 2.38. The Morgan fingerprint density at radius 1 is 1.16 bits per heavy atom. The lowest BCUT2D eigenvalue weighted by Gasteiger charge is -2.36. The quantitative estimate of drug-likeness (QED) is 0.168. The lowest BCUT2D eigenvalue weighted by Crippen LogP contribution is -2.55. The SMILES string of the molecule is NC1(C[C@@H](O)[C@H](OS(=O)(=O)O)[C@H](O)[C@@H](O)CO)C[C@@H](O)[C@H](O)[C@H]1CO. The van der Waals surface area contributed by atoms with Gasteiger partial charge < -0.3 is 41.5 Å². The summed E-state index contributed by atoms with van der Waals surface area (Å²) in [6.07, 6.45) is -11.5. The van der Waals surface area contributed by atoms with Gasteiger partial charge in [-0.25, -0.2) is 4.18 Å². The second kappa shape index (κ2) is 8.49. The first-order valence-corrected chi connectivity index (χ1v) is 8.79. The molecule has 0 aliphatic heterocycles. The molecule has 12 nitrogen and oxygen atoms in total. The van der Waals surface area contributed by atoms with Gasteiger partial charge in [0.2, 0.25) is 0 Å². The fourth-order valence-electron chi connectivity index (χ4n) is 3.12. The molecule has 1 saturated carbocycles. The van der Waals surface area contributed by atoms with E-state index >= 15 is 0 Å². The molecule has 1 fully saturated rings. The van der Waals surface area contributed by atoms with Crippen LogP contribution in [-0.2, 0) is 14.6 Å². The zero-order valence-corrected chi connectivity index (χ0v) is 14.0. The molecule has 0 spiro atoms. The number of hydrogen-bond acceptors (Lipinski definition) is 11. The maximum Gasteiger partial charge on any atom is 0.397 e. The lowest BCUT2D eigenvalue weighted by atomic mass is 9.81. The Hall–Kier alpha value is -0.450. The molecular formula is C12H25NO11S. The van der Waals surface area contributed by atoms with Crippen molar-refractivity contribution in [3.8, 4) is 0 Å². The van der Waals surface area contributed by atoms with Crippen LogP contribution in [0.1, 0.15) is 12.8 Å². The van der Waals surface area contributed by atoms with Crippen LogP contribution in [0.4, 0.5) is 0 Å². The molecule has 1 aliphatic rings. The fraction of sp³-hybridized carbons (Fsp3) is 1.00. The van der Waals surface area contributed by atoms with Crippen molar-refractivity contribution in [2.24, 2.45) is 11.7 Å². The number of hydrogen-bond donors (Lipinski definition) is 9. The smallest absolute Gasteiger partial charge is 0.396 e. The molecule has 25 heavy (non-hydrogen) atoms. The first-order chi connectivity index (χ1) is 11.4. The Bertz CT molecular complexity index is 531. The van der Waals surface area contributed by atoms with Gasteiger partial charge in [0.1, 0.15) is 18.3 Å². The minimum absolute atomic E-state index is 0.256. The highest BCUT2D eigenvalue weighted by atomic mass is 32.3. The molecule has 150 valence electrons. The van der Waals surface area contributed by atoms with Gasteiger partial charge in [0, 0.05) is 11.5 Å². The molecular weight excluding hydrogens is 366 g/mol. The van der Waals surface area contributed by atoms with Gasteiger partial charge in [0.25, 0.3) is 0 Å². The minimum atomic E-state index is -5.15. The van der Waals surface area contributed by atoms with Gasteiger partial charge >= 0.3 is 10.4 Å². The maximum absolute atomic E-state index is 10.9. The van der Waals surface area contributed by atoms with Crippen LogP contribution in [0.15, 0.2) is 0 Å². The van der Waals surface area contributed by atoms with E-state index in [0.29, 0.717) is 0 Å². The van der Waals surface area contributed by atoms with Crippen LogP contribution < -0.4 is 5.73 Å². The number of aliphatic hydroxyl groups excluding tert-OH is 7. The van der Waals surface area contributed by atoms with E-state index in [0.717, 1.165) is 0 Å². The monoisotopic (exact) mass is 391 g/mol. The second-order valence-corrected chi connectivity index (χ2v) is 7.33. The number of rotatable bonds is 9. The largest absolute Gasteiger partial charge is 0.397 e. The van der Waals surface area contributed by atoms with Crippen molar-refractivity contribution in [1.29, 1.82) is 0 Å². The third-order valence-electron chi connectivity index (χ3n) is 4.45. The van der Waals surface area contributed by atoms with Gasteiger partial charge in [-0.3, -0.25) is 4.55 Å². The van der Waals surface area contributed by atoms with Gasteiger partial charge in [0.05, 0.1) is 31.5 Å². The van der Waals surface area contributed by atoms with E-state index in [1.165, 1.54) is 0 Å². The van der Waals surface area contributed by atoms with Crippen LogP contribution in [-0.4, -0.2) is 104 Å². The first kappa shape index (κ1) is 22.6. The van der Waals surface area contributed by atoms with Crippen molar-refractivity contribution in [2.45, 2.75) is 55.0 Å². The number of aliphatic hydroxyl groups is 7. The summed E-state index contributed by atoms with van der Waals surface area (Å²) in [5.41, 5.74) is 4.45. The molecule has 1 unspecified atom stereocenters. The van der Waals surface area contributed by atoms with Gasteiger partial charge in [-0.2, -0.15) is 8.42 Å². The van der Waals surface area contributed by atoms with E-state index < -0.39 is 78.1 Å². The summed E-state index contributed by atoms with van der Waals surface area (Å²) in [4.78, 5) is 0. The van der Waals surface area contributed by atoms with Crippen molar-refractivity contribution in [2.75, 3.05) is 13.2 Å². The van der Waals surface area contributed by atoms with Crippen molar-refractivity contribution >= 4 is 10.4 Å². The zero-order chi connectivity index (χ0) is 19.6. The fourth-order valence-corrected chi connectivity index (χ4v) is 3.64. The normalized spacial score (nSPS) is 35.3. The molecule has 13 heteroatoms. The molecule has 0 saturated heterocycles. The standard InChI is InChI=1S/C12H25NO11S/c13-12(1-6(16)9(19)5(12)3-14)2-7(17)11(24-25(21,22)23)10(20)8(18)4-15/h5-11,14-20H,1-4,13H2,(H,21,22,23)/t5-,6-,7-,8+,9-,10-,11+,12?/m1/s1. The molecule has 0 aromatic heterocycles. The summed E-state index contributed by atoms with van der Waals surface area (Å²) in [5, 5.41) is 67.2. The Morgan fingerprint density at radius 3 is 2.16 bits per heavy atom. The summed E-state index contributed by atoms with van der Waals surface area (Å²) < 4.78 is 34.8. The summed E-state index contributed by atoms with van der Waals surface area (Å²) >= 11 is 0. The van der Waals surface area contributed by atoms with Gasteiger partial charge in [-0.05, 0) is 12.8 Å². The van der Waals surface area contributed by atoms with E-state index in [1.807, 2.05) is 0 Å². The predicted octanol–water partition coefficient (Wildman–Crippen LogP) is -4.93. The van der Waals surface area contributed by atoms with E-state index in [-0.39, 0.29) is 6.42 Å². The van der Waals surface area contributed by atoms with E-state index in [2.05, 4.69) is 4.18 Å². The average Bonchev–Trinajstić information content (AvgIpc) is 2.71. The van der Waals surface area contributed by atoms with Crippen molar-refractivity contribution < 1.29 is 52.9 Å². The molecule has 1 rings (SSSR count). The molecule has 0 radical (unpaired) electrons. The van der Waals surface area contributed by atoms with Gasteiger partial charge in [-0.1, -0.05) is 0 Å². The molecule has 8 atom stereocenters. The third-order valence-corrected chi connectivity index (χ3v) is 4.92. The summed E-state index contributed by atoms with van der Waals surface area (Å²) in [5.74, 6) is -1.07. The molecule has 0 aromatic rings. The highest BCUT2D eigenvalue weighted by Gasteiger charge is 2.52. The molecule has 0 aromatic carbocycles. The van der Waals surface area contributed by atoms with Crippen molar-refractivity contribution in [3.63, 3.8) is 0 Å². The molecule has 0 heterocycles. The molecule has 10 N–H and O–H groups in total. The topological polar surface area (TPSA) is 231 Å². The molecule has 0 bridgehead atoms. The lowest BCUT2D eigenvalue weighted by molar-refractivity contribution is -0.112. The summed E-state index contributed by atoms with van der Waals surface area (Å²) in [6.45, 7) is -1.64. The van der Waals surface area contributed by atoms with E-state index in [9.17, 15) is 39.1 Å².